The van der Waals surface area contributed by atoms with E-state index in [0.29, 0.717) is 19.8 Å². The number of rotatable bonds is 27. The fourth-order valence-electron chi connectivity index (χ4n) is 4.92. The van der Waals surface area contributed by atoms with Crippen molar-refractivity contribution in [3.63, 3.8) is 0 Å². The highest BCUT2D eigenvalue weighted by atomic mass is 31.2. The van der Waals surface area contributed by atoms with Crippen LogP contribution in [-0.2, 0) is 31.7 Å². The van der Waals surface area contributed by atoms with E-state index in [0.717, 1.165) is 31.4 Å². The monoisotopic (exact) mass is 609 g/mol. The van der Waals surface area contributed by atoms with Crippen LogP contribution < -0.4 is 9.09 Å². The lowest BCUT2D eigenvalue weighted by Crippen LogP contribution is -2.31. The number of aromatic nitrogens is 2. The molecule has 0 saturated carbocycles. The highest BCUT2D eigenvalue weighted by Gasteiger charge is 2.25. The molecule has 0 aliphatic heterocycles. The first-order valence-corrected chi connectivity index (χ1v) is 17.9. The van der Waals surface area contributed by atoms with Crippen molar-refractivity contribution in [2.75, 3.05) is 26.9 Å². The van der Waals surface area contributed by atoms with Crippen LogP contribution in [0.4, 0.5) is 0 Å². The van der Waals surface area contributed by atoms with Gasteiger partial charge in [-0.15, -0.1) is 0 Å². The molecule has 0 radical (unpaired) electrons. The van der Waals surface area contributed by atoms with Gasteiger partial charge in [0.15, 0.2) is 0 Å². The molecule has 1 heterocycles. The molecule has 9 heteroatoms. The van der Waals surface area contributed by atoms with E-state index in [1.807, 2.05) is 18.3 Å². The van der Waals surface area contributed by atoms with Gasteiger partial charge in [0, 0.05) is 13.7 Å². The van der Waals surface area contributed by atoms with Gasteiger partial charge < -0.3 is 14.0 Å². The van der Waals surface area contributed by atoms with Crippen molar-refractivity contribution in [3.05, 3.63) is 48.5 Å². The summed E-state index contributed by atoms with van der Waals surface area (Å²) in [6.45, 7) is 6.98. The maximum atomic E-state index is 12.5. The van der Waals surface area contributed by atoms with E-state index in [9.17, 15) is 9.46 Å². The van der Waals surface area contributed by atoms with E-state index in [4.69, 9.17) is 18.5 Å². The number of ether oxygens (including phenoxy) is 2. The molecule has 0 spiro atoms. The van der Waals surface area contributed by atoms with Crippen molar-refractivity contribution in [2.24, 2.45) is 0 Å². The predicted molar refractivity (Wildman–Crippen MR) is 169 cm³/mol. The van der Waals surface area contributed by atoms with Crippen LogP contribution in [0.5, 0.6) is 5.75 Å². The fraction of sp³-hybridized carbons (Fsp3) is 0.727. The Morgan fingerprint density at radius 3 is 2.00 bits per heavy atom. The van der Waals surface area contributed by atoms with Crippen LogP contribution in [0.25, 0.3) is 0 Å². The summed E-state index contributed by atoms with van der Waals surface area (Å²) in [5, 5.41) is 0. The summed E-state index contributed by atoms with van der Waals surface area (Å²) >= 11 is 0. The largest absolute Gasteiger partial charge is 0.527 e. The Morgan fingerprint density at radius 1 is 0.833 bits per heavy atom. The van der Waals surface area contributed by atoms with Crippen LogP contribution >= 0.6 is 7.82 Å². The van der Waals surface area contributed by atoms with Crippen molar-refractivity contribution in [1.82, 2.24) is 4.57 Å². The summed E-state index contributed by atoms with van der Waals surface area (Å²) in [6.07, 6.45) is 25.3. The zero-order valence-electron chi connectivity index (χ0n) is 26.6. The molecule has 2 atom stereocenters. The van der Waals surface area contributed by atoms with E-state index < -0.39 is 13.9 Å². The quantitative estimate of drug-likeness (QED) is 0.0624. The van der Waals surface area contributed by atoms with Gasteiger partial charge in [0.05, 0.1) is 19.8 Å². The van der Waals surface area contributed by atoms with E-state index in [1.165, 1.54) is 77.0 Å². The zero-order valence-corrected chi connectivity index (χ0v) is 27.5. The molecule has 1 N–H and O–H groups in total. The van der Waals surface area contributed by atoms with Crippen LogP contribution in [0.15, 0.2) is 43.0 Å². The van der Waals surface area contributed by atoms with Crippen molar-refractivity contribution in [2.45, 2.75) is 129 Å². The van der Waals surface area contributed by atoms with E-state index >= 15 is 0 Å². The number of aryl methyl sites for hydroxylation is 1. The molecule has 2 rings (SSSR count). The minimum Gasteiger partial charge on any atom is -0.404 e. The highest BCUT2D eigenvalue weighted by Crippen LogP contribution is 2.44. The van der Waals surface area contributed by atoms with Gasteiger partial charge in [0.1, 0.15) is 30.8 Å². The minimum absolute atomic E-state index is 0.0908. The van der Waals surface area contributed by atoms with Crippen LogP contribution in [0.1, 0.15) is 116 Å². The van der Waals surface area contributed by atoms with E-state index in [-0.39, 0.29) is 12.4 Å². The second kappa shape index (κ2) is 22.8. The fourth-order valence-corrected chi connectivity index (χ4v) is 5.72. The van der Waals surface area contributed by atoms with Gasteiger partial charge in [-0.25, -0.2) is 13.7 Å². The molecule has 240 valence electrons. The van der Waals surface area contributed by atoms with E-state index in [1.54, 1.807) is 19.2 Å². The number of phosphoric ester groups is 1. The Labute approximate surface area is 255 Å². The normalized spacial score (nSPS) is 13.7. The molecule has 1 aromatic carbocycles. The maximum Gasteiger partial charge on any atom is 0.527 e. The zero-order chi connectivity index (χ0) is 30.3. The molecule has 0 amide bonds. The number of hydrogen-bond acceptors (Lipinski definition) is 5. The SMILES string of the molecule is CCCCCCCCCCCCCCCCOCC(COP(=O)(O)Oc1ccc(C[n+]2ccn(CCC)c2)cc1)OC. The number of methoxy groups -OCH3 is 1. The summed E-state index contributed by atoms with van der Waals surface area (Å²) in [7, 11) is -2.75. The average Bonchev–Trinajstić information content (AvgIpc) is 3.42. The van der Waals surface area contributed by atoms with Gasteiger partial charge in [-0.3, -0.25) is 9.42 Å². The summed E-state index contributed by atoms with van der Waals surface area (Å²) in [6, 6.07) is 7.11. The summed E-state index contributed by atoms with van der Waals surface area (Å²) in [4.78, 5) is 10.2. The summed E-state index contributed by atoms with van der Waals surface area (Å²) in [5.74, 6) is 0.279. The number of imidazole rings is 1. The molecular formula is C33H58N2O6P+. The Balaban J connectivity index is 1.50. The molecule has 1 aromatic heterocycles. The first-order valence-electron chi connectivity index (χ1n) is 16.4. The Kier molecular flexibility index (Phi) is 19.8. The Morgan fingerprint density at radius 2 is 1.43 bits per heavy atom. The van der Waals surface area contributed by atoms with Gasteiger partial charge in [0.2, 0.25) is 6.33 Å². The molecule has 42 heavy (non-hydrogen) atoms. The molecule has 0 aliphatic rings. The minimum atomic E-state index is -4.29. The topological polar surface area (TPSA) is 83.0 Å². The van der Waals surface area contributed by atoms with Gasteiger partial charge >= 0.3 is 7.82 Å². The van der Waals surface area contributed by atoms with Crippen molar-refractivity contribution < 1.29 is 32.5 Å². The Bertz CT molecular complexity index is 968. The number of nitrogens with zero attached hydrogens (tertiary/aromatic N) is 2. The average molecular weight is 610 g/mol. The van der Waals surface area contributed by atoms with Crippen LogP contribution in [-0.4, -0.2) is 42.5 Å². The third-order valence-corrected chi connectivity index (χ3v) is 8.36. The number of hydrogen-bond donors (Lipinski definition) is 1. The second-order valence-electron chi connectivity index (χ2n) is 11.4. The van der Waals surface area contributed by atoms with Crippen molar-refractivity contribution in [1.29, 1.82) is 0 Å². The van der Waals surface area contributed by atoms with Crippen LogP contribution in [0.2, 0.25) is 0 Å². The summed E-state index contributed by atoms with van der Waals surface area (Å²) in [5.41, 5.74) is 1.06. The standard InChI is InChI=1S/C33H57N2O6P/c1-4-6-7-8-9-10-11-12-13-14-15-16-17-18-26-39-28-33(38-3)29-40-42(36,37)41-32-21-19-31(20-22-32)27-35-25-24-34(30-35)23-5-2/h19-22,24-25,30,33H,4-18,23,26-29H2,1-3H3/p+1. The molecular weight excluding hydrogens is 551 g/mol. The van der Waals surface area contributed by atoms with Gasteiger partial charge in [-0.05, 0) is 30.5 Å². The molecule has 0 saturated heterocycles. The van der Waals surface area contributed by atoms with Crippen LogP contribution in [0, 0.1) is 0 Å². The van der Waals surface area contributed by atoms with Gasteiger partial charge in [0.25, 0.3) is 0 Å². The maximum absolute atomic E-state index is 12.5. The lowest BCUT2D eigenvalue weighted by Gasteiger charge is -2.18. The molecule has 8 nitrogen and oxygen atoms in total. The Hall–Kier alpha value is -1.70. The third-order valence-electron chi connectivity index (χ3n) is 7.44. The van der Waals surface area contributed by atoms with Gasteiger partial charge in [-0.2, -0.15) is 0 Å². The highest BCUT2D eigenvalue weighted by molar-refractivity contribution is 7.47. The predicted octanol–water partition coefficient (Wildman–Crippen LogP) is 8.24. The molecule has 0 fully saturated rings. The summed E-state index contributed by atoms with van der Waals surface area (Å²) < 4.78 is 38.3. The van der Waals surface area contributed by atoms with Crippen molar-refractivity contribution >= 4 is 7.82 Å². The van der Waals surface area contributed by atoms with E-state index in [2.05, 4.69) is 35.5 Å². The van der Waals surface area contributed by atoms with Crippen LogP contribution in [0.3, 0.4) is 0 Å². The first-order chi connectivity index (χ1) is 20.5. The smallest absolute Gasteiger partial charge is 0.404 e. The molecule has 0 bridgehead atoms. The lowest BCUT2D eigenvalue weighted by molar-refractivity contribution is -0.687. The van der Waals surface area contributed by atoms with Crippen molar-refractivity contribution in [3.8, 4) is 5.75 Å². The second-order valence-corrected chi connectivity index (χ2v) is 12.7. The number of unbranched alkanes of at least 4 members (excludes halogenated alkanes) is 13. The number of phosphoric acid groups is 1. The van der Waals surface area contributed by atoms with Gasteiger partial charge in [-0.1, -0.05) is 109 Å². The lowest BCUT2D eigenvalue weighted by atomic mass is 10.0. The first kappa shape index (κ1) is 36.5. The molecule has 2 aromatic rings. The molecule has 2 unspecified atom stereocenters. The molecule has 0 aliphatic carbocycles. The third kappa shape index (κ3) is 17.4. The number of benzene rings is 1.